The first kappa shape index (κ1) is 19.3. The van der Waals surface area contributed by atoms with E-state index >= 15 is 0 Å². The molecule has 0 radical (unpaired) electrons. The fourth-order valence-corrected chi connectivity index (χ4v) is 1.14. The highest BCUT2D eigenvalue weighted by atomic mass is 16.5. The monoisotopic (exact) mass is 296 g/mol. The number of hydrogen-bond donors (Lipinski definition) is 0. The van der Waals surface area contributed by atoms with Crippen LogP contribution in [0.2, 0.25) is 0 Å². The normalized spacial score (nSPS) is 10.8. The van der Waals surface area contributed by atoms with E-state index in [0.717, 1.165) is 16.7 Å². The van der Waals surface area contributed by atoms with Crippen LogP contribution in [0.15, 0.2) is 110 Å². The van der Waals surface area contributed by atoms with E-state index in [1.807, 2.05) is 13.0 Å². The Bertz CT molecular complexity index is 581. The summed E-state index contributed by atoms with van der Waals surface area (Å²) in [6, 6.07) is 0. The van der Waals surface area contributed by atoms with E-state index in [2.05, 4.69) is 39.5 Å². The molecule has 0 heterocycles. The smallest absolute Gasteiger partial charge is 0.120 e. The predicted molar refractivity (Wildman–Crippen MR) is 96.0 cm³/mol. The zero-order chi connectivity index (χ0) is 17.1. The van der Waals surface area contributed by atoms with Gasteiger partial charge in [0.15, 0.2) is 0 Å². The molecule has 0 saturated carbocycles. The second-order valence-corrected chi connectivity index (χ2v) is 4.60. The lowest BCUT2D eigenvalue weighted by molar-refractivity contribution is 0.309. The van der Waals surface area contributed by atoms with Crippen molar-refractivity contribution in [2.75, 3.05) is 7.11 Å². The number of methoxy groups -OCH3 is 1. The van der Waals surface area contributed by atoms with Crippen molar-refractivity contribution >= 4 is 0 Å². The summed E-state index contributed by atoms with van der Waals surface area (Å²) >= 11 is 0. The quantitative estimate of drug-likeness (QED) is 0.389. The Morgan fingerprint density at radius 3 is 1.45 bits per heavy atom. The molecule has 0 aliphatic heterocycles. The Morgan fingerprint density at radius 2 is 1.05 bits per heavy atom. The summed E-state index contributed by atoms with van der Waals surface area (Å²) in [5.74, 6) is 1.49. The van der Waals surface area contributed by atoms with Crippen LogP contribution in [0, 0.1) is 0 Å². The first-order valence-corrected chi connectivity index (χ1v) is 6.62. The van der Waals surface area contributed by atoms with Crippen LogP contribution in [-0.4, -0.2) is 7.11 Å². The number of ether oxygens (including phenoxy) is 2. The maximum Gasteiger partial charge on any atom is 0.120 e. The van der Waals surface area contributed by atoms with Crippen molar-refractivity contribution in [1.82, 2.24) is 0 Å². The van der Waals surface area contributed by atoms with Crippen LogP contribution < -0.4 is 0 Å². The van der Waals surface area contributed by atoms with Crippen molar-refractivity contribution in [2.24, 2.45) is 0 Å². The van der Waals surface area contributed by atoms with Crippen molar-refractivity contribution in [3.63, 3.8) is 0 Å². The zero-order valence-corrected chi connectivity index (χ0v) is 13.5. The Morgan fingerprint density at radius 1 is 0.636 bits per heavy atom. The molecule has 0 fully saturated rings. The van der Waals surface area contributed by atoms with Gasteiger partial charge in [-0.3, -0.25) is 0 Å². The molecule has 2 nitrogen and oxygen atoms in total. The molecule has 0 aliphatic rings. The summed E-state index contributed by atoms with van der Waals surface area (Å²) in [4.78, 5) is 0. The van der Waals surface area contributed by atoms with Gasteiger partial charge >= 0.3 is 0 Å². The molecular formula is C20H24O2. The molecule has 0 bridgehead atoms. The molecule has 0 aromatic rings. The highest BCUT2D eigenvalue weighted by Gasteiger charge is 1.95. The van der Waals surface area contributed by atoms with Crippen molar-refractivity contribution in [3.8, 4) is 0 Å². The molecule has 0 saturated heterocycles. The standard InChI is InChI=1S/C20H24O2/c1-15(2)9-12-19(6)22-20(7)14-11-17(4)16(3)10-13-18(5)21-8/h9-14H,1,3-7H2,2,8H3/b12-9-,13-10-,14-11-. The van der Waals surface area contributed by atoms with Crippen LogP contribution in [0.4, 0.5) is 0 Å². The molecule has 0 unspecified atom stereocenters. The van der Waals surface area contributed by atoms with Crippen molar-refractivity contribution in [2.45, 2.75) is 6.92 Å². The zero-order valence-electron chi connectivity index (χ0n) is 13.5. The van der Waals surface area contributed by atoms with Gasteiger partial charge in [-0.1, -0.05) is 63.3 Å². The van der Waals surface area contributed by atoms with Crippen LogP contribution in [0.5, 0.6) is 0 Å². The minimum absolute atomic E-state index is 0.454. The molecular weight excluding hydrogens is 272 g/mol. The Balaban J connectivity index is 4.49. The molecule has 0 atom stereocenters. The lowest BCUT2D eigenvalue weighted by Crippen LogP contribution is -1.86. The van der Waals surface area contributed by atoms with Gasteiger partial charge in [0, 0.05) is 0 Å². The average Bonchev–Trinajstić information content (AvgIpc) is 2.47. The van der Waals surface area contributed by atoms with Gasteiger partial charge in [0.1, 0.15) is 17.3 Å². The van der Waals surface area contributed by atoms with E-state index in [-0.39, 0.29) is 0 Å². The molecule has 0 spiro atoms. The van der Waals surface area contributed by atoms with Crippen LogP contribution in [0.3, 0.4) is 0 Å². The van der Waals surface area contributed by atoms with Crippen molar-refractivity contribution in [3.05, 3.63) is 110 Å². The van der Waals surface area contributed by atoms with Crippen molar-refractivity contribution in [1.29, 1.82) is 0 Å². The molecule has 0 amide bonds. The number of rotatable bonds is 10. The van der Waals surface area contributed by atoms with Gasteiger partial charge in [-0.2, -0.15) is 0 Å². The van der Waals surface area contributed by atoms with E-state index in [9.17, 15) is 0 Å². The lowest BCUT2D eigenvalue weighted by Gasteiger charge is -2.05. The topological polar surface area (TPSA) is 18.5 Å². The van der Waals surface area contributed by atoms with E-state index in [0.29, 0.717) is 17.3 Å². The third kappa shape index (κ3) is 9.21. The SMILES string of the molecule is C=C(C)/C=C\C(=C)OC(=C)/C=C\C(=C)C(=C)/C=C\C(=C)OC. The number of hydrogen-bond acceptors (Lipinski definition) is 2. The van der Waals surface area contributed by atoms with Gasteiger partial charge in [-0.15, -0.1) is 0 Å². The van der Waals surface area contributed by atoms with Gasteiger partial charge in [-0.25, -0.2) is 0 Å². The summed E-state index contributed by atoms with van der Waals surface area (Å²) in [7, 11) is 1.56. The first-order chi connectivity index (χ1) is 10.3. The maximum atomic E-state index is 5.42. The van der Waals surface area contributed by atoms with Gasteiger partial charge in [0.2, 0.25) is 0 Å². The van der Waals surface area contributed by atoms with E-state index in [4.69, 9.17) is 9.47 Å². The molecule has 0 aromatic heterocycles. The lowest BCUT2D eigenvalue weighted by atomic mass is 10.1. The Kier molecular flexibility index (Phi) is 8.80. The largest absolute Gasteiger partial charge is 0.497 e. The fraction of sp³-hybridized carbons (Fsp3) is 0.100. The minimum Gasteiger partial charge on any atom is -0.497 e. The molecule has 0 aliphatic carbocycles. The van der Waals surface area contributed by atoms with Crippen molar-refractivity contribution < 1.29 is 9.47 Å². The van der Waals surface area contributed by atoms with Gasteiger partial charge < -0.3 is 9.47 Å². The highest BCUT2D eigenvalue weighted by molar-refractivity contribution is 5.44. The average molecular weight is 296 g/mol. The van der Waals surface area contributed by atoms with Crippen LogP contribution >= 0.6 is 0 Å². The summed E-state index contributed by atoms with van der Waals surface area (Å²) in [6.07, 6.45) is 10.5. The molecule has 0 aromatic carbocycles. The summed E-state index contributed by atoms with van der Waals surface area (Å²) in [5.41, 5.74) is 2.39. The van der Waals surface area contributed by atoms with Gasteiger partial charge in [-0.05, 0) is 36.3 Å². The first-order valence-electron chi connectivity index (χ1n) is 6.62. The van der Waals surface area contributed by atoms with E-state index in [1.165, 1.54) is 0 Å². The maximum absolute atomic E-state index is 5.42. The fourth-order valence-electron chi connectivity index (χ4n) is 1.14. The molecule has 116 valence electrons. The third-order valence-electron chi connectivity index (χ3n) is 2.43. The molecule has 0 N–H and O–H groups in total. The highest BCUT2D eigenvalue weighted by Crippen LogP contribution is 2.13. The van der Waals surface area contributed by atoms with Crippen LogP contribution in [0.1, 0.15) is 6.92 Å². The van der Waals surface area contributed by atoms with Crippen LogP contribution in [0.25, 0.3) is 0 Å². The molecule has 0 rings (SSSR count). The molecule has 2 heteroatoms. The summed E-state index contributed by atoms with van der Waals surface area (Å²) < 4.78 is 10.4. The van der Waals surface area contributed by atoms with Gasteiger partial charge in [0.05, 0.1) is 7.11 Å². The number of allylic oxidation sites excluding steroid dienone is 9. The minimum atomic E-state index is 0.454. The Labute approximate surface area is 134 Å². The summed E-state index contributed by atoms with van der Waals surface area (Å²) in [5, 5.41) is 0. The second-order valence-electron chi connectivity index (χ2n) is 4.60. The molecule has 22 heavy (non-hydrogen) atoms. The van der Waals surface area contributed by atoms with Crippen LogP contribution in [-0.2, 0) is 9.47 Å². The van der Waals surface area contributed by atoms with E-state index < -0.39 is 0 Å². The van der Waals surface area contributed by atoms with Gasteiger partial charge in [0.25, 0.3) is 0 Å². The van der Waals surface area contributed by atoms with E-state index in [1.54, 1.807) is 37.5 Å². The third-order valence-corrected chi connectivity index (χ3v) is 2.43. The Hall–Kier alpha value is -2.74. The second kappa shape index (κ2) is 10.1. The predicted octanol–water partition coefficient (Wildman–Crippen LogP) is 5.55. The summed E-state index contributed by atoms with van der Waals surface area (Å²) in [6.45, 7) is 24.7.